The van der Waals surface area contributed by atoms with Crippen molar-refractivity contribution >= 4 is 22.4 Å². The summed E-state index contributed by atoms with van der Waals surface area (Å²) in [6.07, 6.45) is 0. The predicted octanol–water partition coefficient (Wildman–Crippen LogP) is 0.990. The number of piperazine rings is 1. The van der Waals surface area contributed by atoms with E-state index in [-0.39, 0.29) is 5.91 Å². The molecule has 21 heavy (non-hydrogen) atoms. The molecule has 0 radical (unpaired) electrons. The Kier molecular flexibility index (Phi) is 5.32. The van der Waals surface area contributed by atoms with Gasteiger partial charge in [0.2, 0.25) is 5.91 Å². The molecule has 0 aliphatic carbocycles. The summed E-state index contributed by atoms with van der Waals surface area (Å²) in [4.78, 5) is 20.0. The first-order chi connectivity index (χ1) is 9.82. The van der Waals surface area contributed by atoms with Crippen LogP contribution in [-0.4, -0.2) is 64.1 Å². The highest BCUT2D eigenvalue weighted by Crippen LogP contribution is 2.17. The molecule has 1 aromatic heterocycles. The number of amides is 1. The maximum absolute atomic E-state index is 11.0. The number of carbonyl (C=O) groups excluding carboxylic acids is 1. The third-order valence-electron chi connectivity index (χ3n) is 3.30. The molecule has 1 fully saturated rings. The number of nitrogens with one attached hydrogen (secondary N) is 1. The van der Waals surface area contributed by atoms with Crippen molar-refractivity contribution in [1.29, 1.82) is 0 Å². The van der Waals surface area contributed by atoms with E-state index in [2.05, 4.69) is 20.1 Å². The highest BCUT2D eigenvalue weighted by Gasteiger charge is 2.23. The highest BCUT2D eigenvalue weighted by atomic mass is 32.1. The number of thiazole rings is 1. The van der Waals surface area contributed by atoms with Gasteiger partial charge in [-0.2, -0.15) is 0 Å². The lowest BCUT2D eigenvalue weighted by molar-refractivity contribution is -0.114. The molecule has 1 aromatic rings. The molecule has 7 heteroatoms. The van der Waals surface area contributed by atoms with Gasteiger partial charge < -0.3 is 10.4 Å². The summed E-state index contributed by atoms with van der Waals surface area (Å²) >= 11 is 1.46. The van der Waals surface area contributed by atoms with E-state index in [1.54, 1.807) is 0 Å². The van der Waals surface area contributed by atoms with E-state index in [0.29, 0.717) is 11.7 Å². The zero-order valence-corrected chi connectivity index (χ0v) is 13.7. The zero-order chi connectivity index (χ0) is 15.5. The van der Waals surface area contributed by atoms with E-state index in [1.165, 1.54) is 18.3 Å². The van der Waals surface area contributed by atoms with Gasteiger partial charge in [0.1, 0.15) is 0 Å². The van der Waals surface area contributed by atoms with Crippen molar-refractivity contribution in [2.75, 3.05) is 38.0 Å². The molecule has 1 aliphatic heterocycles. The van der Waals surface area contributed by atoms with Crippen LogP contribution in [0.2, 0.25) is 0 Å². The molecule has 2 N–H and O–H groups in total. The molecule has 0 saturated carbocycles. The summed E-state index contributed by atoms with van der Waals surface area (Å²) in [6.45, 7) is 10.6. The van der Waals surface area contributed by atoms with Crippen molar-refractivity contribution in [2.45, 2.75) is 32.9 Å². The van der Waals surface area contributed by atoms with Crippen LogP contribution >= 0.6 is 11.3 Å². The fourth-order valence-corrected chi connectivity index (χ4v) is 3.22. The van der Waals surface area contributed by atoms with Crippen molar-refractivity contribution in [3.63, 3.8) is 0 Å². The van der Waals surface area contributed by atoms with Crippen molar-refractivity contribution in [2.24, 2.45) is 0 Å². The Balaban J connectivity index is 1.78. The predicted molar refractivity (Wildman–Crippen MR) is 84.4 cm³/mol. The number of rotatable bonds is 5. The number of aliphatic hydroxyl groups is 1. The van der Waals surface area contributed by atoms with Gasteiger partial charge >= 0.3 is 0 Å². The minimum absolute atomic E-state index is 0.0869. The minimum atomic E-state index is -0.635. The average molecular weight is 312 g/mol. The second kappa shape index (κ2) is 6.83. The molecular formula is C14H24N4O2S. The van der Waals surface area contributed by atoms with Crippen LogP contribution in [0.25, 0.3) is 0 Å². The van der Waals surface area contributed by atoms with Gasteiger partial charge in [-0.05, 0) is 13.8 Å². The van der Waals surface area contributed by atoms with E-state index in [9.17, 15) is 9.90 Å². The fourth-order valence-electron chi connectivity index (χ4n) is 2.47. The summed E-state index contributed by atoms with van der Waals surface area (Å²) in [7, 11) is 0. The molecule has 1 amide bonds. The Morgan fingerprint density at radius 1 is 1.38 bits per heavy atom. The summed E-state index contributed by atoms with van der Waals surface area (Å²) in [5.74, 6) is -0.0869. The topological polar surface area (TPSA) is 68.7 Å². The van der Waals surface area contributed by atoms with Crippen LogP contribution in [-0.2, 0) is 11.3 Å². The molecule has 0 aromatic carbocycles. The monoisotopic (exact) mass is 312 g/mol. The number of carbonyl (C=O) groups is 1. The lowest BCUT2D eigenvalue weighted by Gasteiger charge is -2.37. The van der Waals surface area contributed by atoms with E-state index < -0.39 is 5.60 Å². The van der Waals surface area contributed by atoms with Crippen LogP contribution in [0.5, 0.6) is 0 Å². The first-order valence-electron chi connectivity index (χ1n) is 7.21. The molecular weight excluding hydrogens is 288 g/mol. The Hall–Kier alpha value is -1.02. The summed E-state index contributed by atoms with van der Waals surface area (Å²) in [6, 6.07) is 0. The first-order valence-corrected chi connectivity index (χ1v) is 8.09. The van der Waals surface area contributed by atoms with E-state index in [4.69, 9.17) is 0 Å². The lowest BCUT2D eigenvalue weighted by atomic mass is 10.1. The summed E-state index contributed by atoms with van der Waals surface area (Å²) in [5, 5.41) is 15.2. The number of anilines is 1. The fraction of sp³-hybridized carbons (Fsp3) is 0.714. The normalized spacial score (nSPS) is 17.9. The lowest BCUT2D eigenvalue weighted by Crippen LogP contribution is -2.50. The number of aromatic nitrogens is 1. The third-order valence-corrected chi connectivity index (χ3v) is 4.10. The smallest absolute Gasteiger partial charge is 0.223 e. The van der Waals surface area contributed by atoms with Crippen LogP contribution < -0.4 is 5.32 Å². The summed E-state index contributed by atoms with van der Waals surface area (Å²) < 4.78 is 0. The Morgan fingerprint density at radius 3 is 2.57 bits per heavy atom. The number of β-amino-alcohol motifs (C(OH)–C–C–N with tert-alkyl or cyclic N) is 1. The van der Waals surface area contributed by atoms with Gasteiger partial charge in [-0.3, -0.25) is 14.6 Å². The van der Waals surface area contributed by atoms with Gasteiger partial charge in [0, 0.05) is 51.6 Å². The molecule has 0 unspecified atom stereocenters. The third kappa shape index (κ3) is 5.70. The second-order valence-electron chi connectivity index (χ2n) is 6.19. The number of nitrogens with zero attached hydrogens (tertiary/aromatic N) is 3. The van der Waals surface area contributed by atoms with Gasteiger partial charge in [0.25, 0.3) is 0 Å². The SMILES string of the molecule is CC(=O)Nc1nc(CN2CCN(CC(C)(C)O)CC2)cs1. The molecule has 1 saturated heterocycles. The maximum atomic E-state index is 11.0. The minimum Gasteiger partial charge on any atom is -0.389 e. The van der Waals surface area contributed by atoms with Gasteiger partial charge in [0.15, 0.2) is 5.13 Å². The molecule has 6 nitrogen and oxygen atoms in total. The summed E-state index contributed by atoms with van der Waals surface area (Å²) in [5.41, 5.74) is 0.365. The molecule has 0 spiro atoms. The Bertz CT molecular complexity index is 476. The first kappa shape index (κ1) is 16.4. The molecule has 1 aliphatic rings. The molecule has 0 atom stereocenters. The molecule has 2 rings (SSSR count). The van der Waals surface area contributed by atoms with E-state index >= 15 is 0 Å². The van der Waals surface area contributed by atoms with Crippen LogP contribution in [0.3, 0.4) is 0 Å². The Labute approximate surface area is 129 Å². The van der Waals surface area contributed by atoms with Crippen molar-refractivity contribution in [3.8, 4) is 0 Å². The van der Waals surface area contributed by atoms with Gasteiger partial charge in [-0.15, -0.1) is 11.3 Å². The Morgan fingerprint density at radius 2 is 2.00 bits per heavy atom. The largest absolute Gasteiger partial charge is 0.389 e. The van der Waals surface area contributed by atoms with Crippen molar-refractivity contribution in [3.05, 3.63) is 11.1 Å². The van der Waals surface area contributed by atoms with Gasteiger partial charge in [-0.25, -0.2) is 4.98 Å². The van der Waals surface area contributed by atoms with Crippen LogP contribution in [0.1, 0.15) is 26.5 Å². The van der Waals surface area contributed by atoms with Crippen LogP contribution in [0.15, 0.2) is 5.38 Å². The van der Waals surface area contributed by atoms with Crippen LogP contribution in [0.4, 0.5) is 5.13 Å². The zero-order valence-electron chi connectivity index (χ0n) is 12.9. The second-order valence-corrected chi connectivity index (χ2v) is 7.05. The van der Waals surface area contributed by atoms with Gasteiger partial charge in [-0.1, -0.05) is 0 Å². The quantitative estimate of drug-likeness (QED) is 0.848. The molecule has 118 valence electrons. The molecule has 2 heterocycles. The maximum Gasteiger partial charge on any atom is 0.223 e. The van der Waals surface area contributed by atoms with E-state index in [1.807, 2.05) is 19.2 Å². The number of hydrogen-bond donors (Lipinski definition) is 2. The van der Waals surface area contributed by atoms with Crippen molar-refractivity contribution in [1.82, 2.24) is 14.8 Å². The van der Waals surface area contributed by atoms with Crippen LogP contribution in [0, 0.1) is 0 Å². The van der Waals surface area contributed by atoms with Gasteiger partial charge in [0.05, 0.1) is 11.3 Å². The molecule has 0 bridgehead atoms. The average Bonchev–Trinajstić information content (AvgIpc) is 2.76. The standard InChI is InChI=1S/C14H24N4O2S/c1-11(19)15-13-16-12(9-21-13)8-17-4-6-18(7-5-17)10-14(2,3)20/h9,20H,4-8,10H2,1-3H3,(H,15,16,19). The van der Waals surface area contributed by atoms with E-state index in [0.717, 1.165) is 38.4 Å². The highest BCUT2D eigenvalue weighted by molar-refractivity contribution is 7.13. The van der Waals surface area contributed by atoms with Crippen molar-refractivity contribution < 1.29 is 9.90 Å². The number of hydrogen-bond acceptors (Lipinski definition) is 6.